The van der Waals surface area contributed by atoms with E-state index in [4.69, 9.17) is 9.47 Å². The summed E-state index contributed by atoms with van der Waals surface area (Å²) in [7, 11) is 1.47. The number of ether oxygens (including phenoxy) is 2. The lowest BCUT2D eigenvalue weighted by molar-refractivity contribution is -0.386. The van der Waals surface area contributed by atoms with E-state index < -0.39 is 78.9 Å². The predicted octanol–water partition coefficient (Wildman–Crippen LogP) is 4.96. The van der Waals surface area contributed by atoms with Crippen LogP contribution in [0, 0.1) is 40.4 Å². The molecule has 2 aromatic carbocycles. The normalized spacial score (nSPS) is 11.0. The third kappa shape index (κ3) is 4.90. The van der Waals surface area contributed by atoms with E-state index >= 15 is 4.39 Å². The number of hydrogen-bond donors (Lipinski definition) is 1. The minimum atomic E-state index is -1.95. The summed E-state index contributed by atoms with van der Waals surface area (Å²) in [6.45, 7) is 2.16. The van der Waals surface area contributed by atoms with Gasteiger partial charge in [-0.05, 0) is 31.5 Å². The number of hydrogen-bond acceptors (Lipinski definition) is 8. The summed E-state index contributed by atoms with van der Waals surface area (Å²) in [5.74, 6) is -7.49. The van der Waals surface area contributed by atoms with Crippen LogP contribution in [-0.4, -0.2) is 34.2 Å². The molecule has 4 rings (SSSR count). The van der Waals surface area contributed by atoms with Crippen LogP contribution in [0.3, 0.4) is 0 Å². The van der Waals surface area contributed by atoms with Gasteiger partial charge in [0.05, 0.1) is 24.2 Å². The summed E-state index contributed by atoms with van der Waals surface area (Å²) >= 11 is 0. The van der Waals surface area contributed by atoms with Gasteiger partial charge in [0.15, 0.2) is 17.5 Å². The Morgan fingerprint density at radius 3 is 2.42 bits per heavy atom. The van der Waals surface area contributed by atoms with Gasteiger partial charge in [0.1, 0.15) is 22.4 Å². The molecule has 0 spiro atoms. The van der Waals surface area contributed by atoms with Crippen molar-refractivity contribution in [3.63, 3.8) is 0 Å². The highest BCUT2D eigenvalue weighted by Gasteiger charge is 2.33. The summed E-state index contributed by atoms with van der Waals surface area (Å²) in [5.41, 5.74) is -4.84. The lowest BCUT2D eigenvalue weighted by Crippen LogP contribution is -2.23. The Kier molecular flexibility index (Phi) is 7.70. The molecule has 14 heteroatoms. The molecule has 0 amide bonds. The maximum atomic E-state index is 15.2. The molecule has 2 heterocycles. The highest BCUT2D eigenvalue weighted by atomic mass is 19.2. The van der Waals surface area contributed by atoms with Crippen molar-refractivity contribution in [2.45, 2.75) is 20.4 Å². The zero-order valence-corrected chi connectivity index (χ0v) is 21.2. The minimum Gasteiger partial charge on any atom is -0.497 e. The first-order valence-corrected chi connectivity index (χ1v) is 11.6. The van der Waals surface area contributed by atoms with E-state index in [1.54, 1.807) is 24.3 Å². The number of esters is 1. The smallest absolute Gasteiger partial charge is 0.343 e. The monoisotopic (exact) mass is 560 g/mol. The second-order valence-electron chi connectivity index (χ2n) is 8.37. The number of aryl methyl sites for hydroxylation is 1. The maximum absolute atomic E-state index is 15.2. The number of methoxy groups -OCH3 is 1. The van der Waals surface area contributed by atoms with Crippen LogP contribution >= 0.6 is 0 Å². The Balaban J connectivity index is 2.07. The van der Waals surface area contributed by atoms with Crippen molar-refractivity contribution < 1.29 is 36.8 Å². The fraction of sp³-hybridized carbons (Fsp3) is 0.192. The van der Waals surface area contributed by atoms with Gasteiger partial charge in [0, 0.05) is 24.4 Å². The molecule has 0 aliphatic carbocycles. The number of nitro benzene ring substituents is 1. The Labute approximate surface area is 222 Å². The Hall–Kier alpha value is -5.01. The van der Waals surface area contributed by atoms with Crippen LogP contribution in [0.1, 0.15) is 28.4 Å². The van der Waals surface area contributed by atoms with Crippen molar-refractivity contribution in [1.82, 2.24) is 9.55 Å². The topological polar surface area (TPSA) is 126 Å². The molecule has 0 radical (unpaired) electrons. The van der Waals surface area contributed by atoms with Crippen LogP contribution < -0.4 is 15.5 Å². The van der Waals surface area contributed by atoms with E-state index in [1.807, 2.05) is 0 Å². The molecular weight excluding hydrogens is 540 g/mol. The molecule has 0 saturated heterocycles. The van der Waals surface area contributed by atoms with Gasteiger partial charge in [-0.15, -0.1) is 0 Å². The van der Waals surface area contributed by atoms with Gasteiger partial charge >= 0.3 is 11.7 Å². The van der Waals surface area contributed by atoms with E-state index in [9.17, 15) is 32.9 Å². The van der Waals surface area contributed by atoms with Gasteiger partial charge in [-0.2, -0.15) is 13.8 Å². The van der Waals surface area contributed by atoms with Gasteiger partial charge in [-0.1, -0.05) is 12.1 Å². The number of fused-ring (bicyclic) bond motifs is 1. The molecule has 0 aliphatic rings. The molecule has 208 valence electrons. The summed E-state index contributed by atoms with van der Waals surface area (Å²) in [4.78, 5) is 40.0. The largest absolute Gasteiger partial charge is 0.497 e. The molecule has 0 saturated carbocycles. The fourth-order valence-electron chi connectivity index (χ4n) is 4.12. The number of aromatic nitrogens is 2. The molecule has 0 atom stereocenters. The second-order valence-corrected chi connectivity index (χ2v) is 8.37. The third-order valence-electron chi connectivity index (χ3n) is 5.98. The van der Waals surface area contributed by atoms with E-state index in [2.05, 4.69) is 10.3 Å². The molecule has 1 N–H and O–H groups in total. The van der Waals surface area contributed by atoms with Crippen LogP contribution in [0.15, 0.2) is 41.3 Å². The van der Waals surface area contributed by atoms with E-state index in [0.717, 1.165) is 17.7 Å². The quantitative estimate of drug-likeness (QED) is 0.105. The number of anilines is 1. The highest BCUT2D eigenvalue weighted by molar-refractivity contribution is 5.99. The first-order valence-electron chi connectivity index (χ1n) is 11.6. The van der Waals surface area contributed by atoms with Crippen molar-refractivity contribution >= 4 is 28.2 Å². The molecule has 10 nitrogen and oxygen atoms in total. The summed E-state index contributed by atoms with van der Waals surface area (Å²) in [6.07, 6.45) is 0.760. The average Bonchev–Trinajstić information content (AvgIpc) is 2.91. The van der Waals surface area contributed by atoms with E-state index in [1.165, 1.54) is 14.0 Å². The number of rotatable bonds is 8. The number of nitrogens with one attached hydrogen (secondary N) is 1. The predicted molar refractivity (Wildman–Crippen MR) is 135 cm³/mol. The summed E-state index contributed by atoms with van der Waals surface area (Å²) in [6, 6.07) is 7.03. The van der Waals surface area contributed by atoms with Gasteiger partial charge < -0.3 is 14.8 Å². The molecule has 0 fully saturated rings. The van der Waals surface area contributed by atoms with Crippen molar-refractivity contribution in [2.75, 3.05) is 19.0 Å². The molecule has 0 aliphatic heterocycles. The fourth-order valence-corrected chi connectivity index (χ4v) is 4.12. The summed E-state index contributed by atoms with van der Waals surface area (Å²) < 4.78 is 69.9. The van der Waals surface area contributed by atoms with E-state index in [-0.39, 0.29) is 13.2 Å². The van der Waals surface area contributed by atoms with Crippen molar-refractivity contribution in [1.29, 1.82) is 0 Å². The number of nitro groups is 1. The van der Waals surface area contributed by atoms with Gasteiger partial charge in [-0.25, -0.2) is 13.6 Å². The first-order chi connectivity index (χ1) is 19.0. The molecule has 40 heavy (non-hydrogen) atoms. The maximum Gasteiger partial charge on any atom is 0.343 e. The number of carbonyl (C=O) groups is 1. The van der Waals surface area contributed by atoms with Crippen molar-refractivity contribution in [3.05, 3.63) is 97.0 Å². The van der Waals surface area contributed by atoms with Crippen LogP contribution in [0.25, 0.3) is 16.7 Å². The summed E-state index contributed by atoms with van der Waals surface area (Å²) in [5, 5.41) is 13.5. The SMILES string of the molecule is CCOC(=O)c1cn(-c2nc(F)cc(F)c2NCc2ccc(OC)cc2)c2c(C)c(F)c(F)c([N+](=O)[O-])c2c1=O. The number of carbonyl (C=O) groups excluding carboxylic acids is 1. The number of halogens is 4. The highest BCUT2D eigenvalue weighted by Crippen LogP contribution is 2.35. The molecule has 0 bridgehead atoms. The van der Waals surface area contributed by atoms with Crippen LogP contribution in [-0.2, 0) is 11.3 Å². The van der Waals surface area contributed by atoms with Gasteiger partial charge in [-0.3, -0.25) is 19.5 Å². The average molecular weight is 560 g/mol. The third-order valence-corrected chi connectivity index (χ3v) is 5.98. The van der Waals surface area contributed by atoms with Gasteiger partial charge in [0.2, 0.25) is 17.2 Å². The first kappa shape index (κ1) is 28.0. The lowest BCUT2D eigenvalue weighted by atomic mass is 10.0. The zero-order valence-electron chi connectivity index (χ0n) is 21.2. The van der Waals surface area contributed by atoms with Crippen LogP contribution in [0.4, 0.5) is 28.9 Å². The van der Waals surface area contributed by atoms with Crippen LogP contribution in [0.2, 0.25) is 0 Å². The molecule has 0 unspecified atom stereocenters. The minimum absolute atomic E-state index is 0.0494. The zero-order chi connectivity index (χ0) is 29.3. The number of pyridine rings is 2. The number of benzene rings is 2. The number of nitrogens with zero attached hydrogens (tertiary/aromatic N) is 3. The molecular formula is C26H20F4N4O6. The standard InChI is InChI=1S/C26H20F4N4O6/c1-4-40-26(36)15-11-33(22-12(2)19(29)20(30)23(34(37)38)18(22)24(15)35)25-21(16(27)9-17(28)32-25)31-10-13-5-7-14(39-3)8-6-13/h5-9,11,31H,4,10H2,1-3H3. The molecule has 4 aromatic rings. The second kappa shape index (κ2) is 11.0. The Morgan fingerprint density at radius 2 is 1.82 bits per heavy atom. The Bertz CT molecular complexity index is 1720. The van der Waals surface area contributed by atoms with Crippen LogP contribution in [0.5, 0.6) is 5.75 Å². The molecule has 2 aromatic heterocycles. The lowest BCUT2D eigenvalue weighted by Gasteiger charge is -2.19. The Morgan fingerprint density at radius 1 is 1.15 bits per heavy atom. The van der Waals surface area contributed by atoms with Crippen molar-refractivity contribution in [3.8, 4) is 11.6 Å². The van der Waals surface area contributed by atoms with Crippen molar-refractivity contribution in [2.24, 2.45) is 0 Å². The van der Waals surface area contributed by atoms with Gasteiger partial charge in [0.25, 0.3) is 0 Å². The van der Waals surface area contributed by atoms with E-state index in [0.29, 0.717) is 17.4 Å².